The van der Waals surface area contributed by atoms with Gasteiger partial charge in [0.2, 0.25) is 5.24 Å². The zero-order valence-corrected chi connectivity index (χ0v) is 8.15. The first-order chi connectivity index (χ1) is 5.37. The van der Waals surface area contributed by atoms with Crippen molar-refractivity contribution in [2.45, 2.75) is 20.8 Å². The van der Waals surface area contributed by atoms with Crippen LogP contribution in [0.1, 0.15) is 20.8 Å². The number of halogens is 2. The third kappa shape index (κ3) is 1.53. The molecule has 0 spiro atoms. The van der Waals surface area contributed by atoms with Gasteiger partial charge in [-0.05, 0) is 35.9 Å². The Bertz CT molecular complexity index is 241. The van der Waals surface area contributed by atoms with Gasteiger partial charge in [0.1, 0.15) is 0 Å². The smallest absolute Gasteiger partial charge is 0.225 e. The van der Waals surface area contributed by atoms with Crippen LogP contribution in [0.25, 0.3) is 0 Å². The third-order valence-corrected chi connectivity index (χ3v) is 2.80. The minimum Gasteiger partial charge on any atom is -0.281 e. The summed E-state index contributed by atoms with van der Waals surface area (Å²) in [6, 6.07) is 0. The van der Waals surface area contributed by atoms with E-state index in [1.54, 1.807) is 0 Å². The van der Waals surface area contributed by atoms with Gasteiger partial charge in [0.05, 0.1) is 5.83 Å². The molecule has 0 amide bonds. The van der Waals surface area contributed by atoms with Crippen molar-refractivity contribution >= 4 is 16.8 Å². The molecule has 0 aromatic heterocycles. The highest BCUT2D eigenvalue weighted by Crippen LogP contribution is 2.60. The summed E-state index contributed by atoms with van der Waals surface area (Å²) in [5.41, 5.74) is -0.161. The molecule has 3 heteroatoms. The summed E-state index contributed by atoms with van der Waals surface area (Å²) in [6.45, 7) is 5.22. The van der Waals surface area contributed by atoms with Crippen molar-refractivity contribution < 1.29 is 9.18 Å². The lowest BCUT2D eigenvalue weighted by molar-refractivity contribution is -0.113. The third-order valence-electron chi connectivity index (χ3n) is 2.56. The Morgan fingerprint density at radius 1 is 1.58 bits per heavy atom. The molecule has 1 fully saturated rings. The minimum atomic E-state index is -0.359. The molecule has 1 rings (SSSR count). The second kappa shape index (κ2) is 2.84. The normalized spacial score (nSPS) is 33.2. The summed E-state index contributed by atoms with van der Waals surface area (Å²) < 4.78 is 12.5. The number of hydrogen-bond acceptors (Lipinski definition) is 1. The first-order valence-electron chi connectivity index (χ1n) is 3.90. The molecule has 0 radical (unpaired) electrons. The van der Waals surface area contributed by atoms with Crippen molar-refractivity contribution in [2.75, 3.05) is 0 Å². The summed E-state index contributed by atoms with van der Waals surface area (Å²) in [6.07, 6.45) is 1.48. The second-order valence-corrected chi connectivity index (χ2v) is 4.25. The van der Waals surface area contributed by atoms with Crippen molar-refractivity contribution in [3.8, 4) is 0 Å². The van der Waals surface area contributed by atoms with E-state index in [0.717, 1.165) is 0 Å². The summed E-state index contributed by atoms with van der Waals surface area (Å²) >= 11 is 5.35. The minimum absolute atomic E-state index is 0.0208. The Labute approximate surface area is 76.6 Å². The van der Waals surface area contributed by atoms with Crippen LogP contribution in [-0.4, -0.2) is 5.24 Å². The predicted molar refractivity (Wildman–Crippen MR) is 46.5 cm³/mol. The molecule has 0 unspecified atom stereocenters. The van der Waals surface area contributed by atoms with Gasteiger partial charge in [0.25, 0.3) is 0 Å². The molecule has 0 saturated heterocycles. The van der Waals surface area contributed by atoms with Crippen molar-refractivity contribution in [2.24, 2.45) is 17.3 Å². The maximum absolute atomic E-state index is 12.5. The van der Waals surface area contributed by atoms with Crippen LogP contribution < -0.4 is 0 Å². The van der Waals surface area contributed by atoms with Crippen LogP contribution >= 0.6 is 11.6 Å². The molecule has 0 aliphatic heterocycles. The fraction of sp³-hybridized carbons (Fsp3) is 0.667. The molecule has 1 nitrogen and oxygen atoms in total. The quantitative estimate of drug-likeness (QED) is 0.612. The lowest BCUT2D eigenvalue weighted by atomic mass is 10.1. The molecule has 0 N–H and O–H groups in total. The van der Waals surface area contributed by atoms with Crippen LogP contribution in [0, 0.1) is 17.3 Å². The van der Waals surface area contributed by atoms with Crippen LogP contribution in [-0.2, 0) is 4.79 Å². The van der Waals surface area contributed by atoms with Crippen LogP contribution in [0.5, 0.6) is 0 Å². The fourth-order valence-corrected chi connectivity index (χ4v) is 2.09. The zero-order chi connectivity index (χ0) is 9.52. The predicted octanol–water partition coefficient (Wildman–Crippen LogP) is 2.90. The molecule has 1 aliphatic rings. The summed E-state index contributed by atoms with van der Waals surface area (Å²) in [5.74, 6) is -0.467. The standard InChI is InChI=1S/C9H12ClFO/c1-5(11)4-6-7(8(10)12)9(6,2)3/h4,6-7H,1-3H3/b5-4-/t6-,7-/m0/s1. The summed E-state index contributed by atoms with van der Waals surface area (Å²) in [4.78, 5) is 10.8. The molecule has 1 aliphatic carbocycles. The molecule has 1 saturated carbocycles. The highest BCUT2D eigenvalue weighted by molar-refractivity contribution is 6.64. The van der Waals surface area contributed by atoms with E-state index in [-0.39, 0.29) is 28.3 Å². The molecular weight excluding hydrogens is 179 g/mol. The van der Waals surface area contributed by atoms with Gasteiger partial charge in [-0.3, -0.25) is 4.79 Å². The zero-order valence-electron chi connectivity index (χ0n) is 7.40. The van der Waals surface area contributed by atoms with Gasteiger partial charge in [0, 0.05) is 5.92 Å². The Balaban J connectivity index is 2.73. The highest BCUT2D eigenvalue weighted by Gasteiger charge is 2.60. The lowest BCUT2D eigenvalue weighted by Crippen LogP contribution is -1.96. The van der Waals surface area contributed by atoms with E-state index < -0.39 is 0 Å². The number of carbonyl (C=O) groups is 1. The first kappa shape index (κ1) is 9.72. The van der Waals surface area contributed by atoms with E-state index in [9.17, 15) is 9.18 Å². The Kier molecular flexibility index (Phi) is 2.30. The van der Waals surface area contributed by atoms with E-state index in [1.807, 2.05) is 13.8 Å². The molecule has 0 aromatic rings. The van der Waals surface area contributed by atoms with Crippen LogP contribution in [0.4, 0.5) is 4.39 Å². The molecule has 2 atom stereocenters. The van der Waals surface area contributed by atoms with Gasteiger partial charge in [-0.25, -0.2) is 4.39 Å². The number of rotatable bonds is 2. The molecule has 0 aromatic carbocycles. The van der Waals surface area contributed by atoms with Crippen molar-refractivity contribution in [1.29, 1.82) is 0 Å². The number of allylic oxidation sites excluding steroid dienone is 2. The Hall–Kier alpha value is -0.370. The Morgan fingerprint density at radius 3 is 2.33 bits per heavy atom. The molecule has 12 heavy (non-hydrogen) atoms. The number of carbonyl (C=O) groups excluding carboxylic acids is 1. The van der Waals surface area contributed by atoms with E-state index in [4.69, 9.17) is 11.6 Å². The van der Waals surface area contributed by atoms with Gasteiger partial charge in [-0.1, -0.05) is 13.8 Å². The first-order valence-corrected chi connectivity index (χ1v) is 4.28. The SMILES string of the molecule is C/C(F)=C/[C@H]1[C@@H](C(=O)Cl)C1(C)C. The Morgan fingerprint density at radius 2 is 2.08 bits per heavy atom. The van der Waals surface area contributed by atoms with Gasteiger partial charge in [-0.15, -0.1) is 0 Å². The van der Waals surface area contributed by atoms with Crippen LogP contribution in [0.3, 0.4) is 0 Å². The summed E-state index contributed by atoms with van der Waals surface area (Å²) in [5, 5.41) is -0.359. The van der Waals surface area contributed by atoms with Gasteiger partial charge in [0.15, 0.2) is 0 Å². The van der Waals surface area contributed by atoms with Crippen molar-refractivity contribution in [1.82, 2.24) is 0 Å². The second-order valence-electron chi connectivity index (χ2n) is 3.88. The maximum Gasteiger partial charge on any atom is 0.225 e. The van der Waals surface area contributed by atoms with Crippen molar-refractivity contribution in [3.05, 3.63) is 11.9 Å². The van der Waals surface area contributed by atoms with E-state index in [1.165, 1.54) is 13.0 Å². The van der Waals surface area contributed by atoms with Gasteiger partial charge >= 0.3 is 0 Å². The van der Waals surface area contributed by atoms with E-state index in [2.05, 4.69) is 0 Å². The van der Waals surface area contributed by atoms with Gasteiger partial charge < -0.3 is 0 Å². The van der Waals surface area contributed by atoms with E-state index in [0.29, 0.717) is 0 Å². The highest BCUT2D eigenvalue weighted by atomic mass is 35.5. The van der Waals surface area contributed by atoms with Gasteiger partial charge in [-0.2, -0.15) is 0 Å². The van der Waals surface area contributed by atoms with Crippen LogP contribution in [0.2, 0.25) is 0 Å². The molecule has 0 heterocycles. The topological polar surface area (TPSA) is 17.1 Å². The average Bonchev–Trinajstić information content (AvgIpc) is 2.32. The molecule has 0 bridgehead atoms. The van der Waals surface area contributed by atoms with E-state index >= 15 is 0 Å². The van der Waals surface area contributed by atoms with Crippen molar-refractivity contribution in [3.63, 3.8) is 0 Å². The van der Waals surface area contributed by atoms with Crippen LogP contribution in [0.15, 0.2) is 11.9 Å². The molecular formula is C9H12ClFO. The monoisotopic (exact) mass is 190 g/mol. The largest absolute Gasteiger partial charge is 0.281 e. The fourth-order valence-electron chi connectivity index (χ4n) is 1.67. The maximum atomic E-state index is 12.5. The average molecular weight is 191 g/mol. The number of hydrogen-bond donors (Lipinski definition) is 0. The lowest BCUT2D eigenvalue weighted by Gasteiger charge is -1.96. The molecule has 68 valence electrons. The summed E-state index contributed by atoms with van der Waals surface area (Å²) in [7, 11) is 0.